The summed E-state index contributed by atoms with van der Waals surface area (Å²) in [5.41, 5.74) is 1.43. The first kappa shape index (κ1) is 15.7. The standard InChI is InChI=1S/C18H13N5O3/c24-15-10-19-23(18(25)20-15)11-12-6-8-13(9-7-12)16-21-17(26-22-16)14-4-2-1-3-5-14/h1-10H,11H2,(H,20,24,25). The molecule has 2 aromatic heterocycles. The Balaban J connectivity index is 1.56. The first-order valence-electron chi connectivity index (χ1n) is 7.84. The van der Waals surface area contributed by atoms with Crippen LogP contribution in [0.1, 0.15) is 5.56 Å². The van der Waals surface area contributed by atoms with E-state index in [9.17, 15) is 9.59 Å². The van der Waals surface area contributed by atoms with Crippen LogP contribution in [-0.4, -0.2) is 24.9 Å². The molecular formula is C18H13N5O3. The van der Waals surface area contributed by atoms with Crippen LogP contribution >= 0.6 is 0 Å². The summed E-state index contributed by atoms with van der Waals surface area (Å²) in [4.78, 5) is 29.3. The lowest BCUT2D eigenvalue weighted by Crippen LogP contribution is -2.31. The minimum atomic E-state index is -0.549. The van der Waals surface area contributed by atoms with Gasteiger partial charge in [0.1, 0.15) is 6.20 Å². The Labute approximate surface area is 146 Å². The van der Waals surface area contributed by atoms with E-state index in [2.05, 4.69) is 20.2 Å². The fourth-order valence-electron chi connectivity index (χ4n) is 2.46. The maximum absolute atomic E-state index is 11.7. The molecular weight excluding hydrogens is 334 g/mol. The topological polar surface area (TPSA) is 107 Å². The van der Waals surface area contributed by atoms with Crippen LogP contribution in [0, 0.1) is 0 Å². The van der Waals surface area contributed by atoms with Crippen molar-refractivity contribution in [2.24, 2.45) is 0 Å². The molecule has 0 saturated carbocycles. The Bertz CT molecular complexity index is 1140. The van der Waals surface area contributed by atoms with Crippen molar-refractivity contribution in [1.82, 2.24) is 24.9 Å². The summed E-state index contributed by atoms with van der Waals surface area (Å²) in [6.07, 6.45) is 1.07. The Kier molecular flexibility index (Phi) is 3.98. The summed E-state index contributed by atoms with van der Waals surface area (Å²) >= 11 is 0. The van der Waals surface area contributed by atoms with Gasteiger partial charge < -0.3 is 4.52 Å². The number of H-pyrrole nitrogens is 1. The van der Waals surface area contributed by atoms with Crippen molar-refractivity contribution in [2.45, 2.75) is 6.54 Å². The van der Waals surface area contributed by atoms with E-state index in [1.165, 1.54) is 4.68 Å². The number of rotatable bonds is 4. The smallest absolute Gasteiger partial charge is 0.334 e. The molecule has 4 rings (SSSR count). The molecule has 0 unspecified atom stereocenters. The second kappa shape index (κ2) is 6.60. The van der Waals surface area contributed by atoms with Gasteiger partial charge in [0, 0.05) is 11.1 Å². The number of nitrogens with zero attached hydrogens (tertiary/aromatic N) is 4. The number of benzene rings is 2. The zero-order valence-electron chi connectivity index (χ0n) is 13.5. The second-order valence-electron chi connectivity index (χ2n) is 5.58. The third kappa shape index (κ3) is 3.20. The highest BCUT2D eigenvalue weighted by molar-refractivity contribution is 5.59. The molecule has 0 radical (unpaired) electrons. The fourth-order valence-corrected chi connectivity index (χ4v) is 2.46. The van der Waals surface area contributed by atoms with Gasteiger partial charge in [-0.3, -0.25) is 9.78 Å². The van der Waals surface area contributed by atoms with Crippen LogP contribution in [0.3, 0.4) is 0 Å². The van der Waals surface area contributed by atoms with Gasteiger partial charge in [0.25, 0.3) is 11.4 Å². The van der Waals surface area contributed by atoms with Gasteiger partial charge in [0.2, 0.25) is 5.82 Å². The first-order chi connectivity index (χ1) is 12.7. The van der Waals surface area contributed by atoms with Gasteiger partial charge in [-0.05, 0) is 17.7 Å². The lowest BCUT2D eigenvalue weighted by molar-refractivity contribution is 0.432. The van der Waals surface area contributed by atoms with Crippen LogP contribution in [0.25, 0.3) is 22.8 Å². The van der Waals surface area contributed by atoms with Crippen molar-refractivity contribution in [2.75, 3.05) is 0 Å². The molecule has 4 aromatic rings. The van der Waals surface area contributed by atoms with Gasteiger partial charge in [-0.15, -0.1) is 0 Å². The van der Waals surface area contributed by atoms with Crippen molar-refractivity contribution in [3.05, 3.63) is 87.2 Å². The molecule has 2 aromatic carbocycles. The summed E-state index contributed by atoms with van der Waals surface area (Å²) in [5, 5.41) is 7.82. The lowest BCUT2D eigenvalue weighted by atomic mass is 10.1. The molecule has 0 atom stereocenters. The van der Waals surface area contributed by atoms with Crippen molar-refractivity contribution in [3.63, 3.8) is 0 Å². The molecule has 0 aliphatic carbocycles. The normalized spacial score (nSPS) is 10.8. The molecule has 0 bridgehead atoms. The van der Waals surface area contributed by atoms with Crippen LogP contribution in [0.15, 0.2) is 74.9 Å². The molecule has 0 fully saturated rings. The van der Waals surface area contributed by atoms with Gasteiger partial charge >= 0.3 is 5.69 Å². The van der Waals surface area contributed by atoms with Crippen LogP contribution < -0.4 is 11.2 Å². The van der Waals surface area contributed by atoms with E-state index in [1.807, 2.05) is 54.6 Å². The number of nitrogens with one attached hydrogen (secondary N) is 1. The maximum Gasteiger partial charge on any atom is 0.345 e. The predicted octanol–water partition coefficient (Wildman–Crippen LogP) is 1.70. The van der Waals surface area contributed by atoms with E-state index in [0.29, 0.717) is 11.7 Å². The van der Waals surface area contributed by atoms with Gasteiger partial charge in [-0.25, -0.2) is 9.48 Å². The summed E-state index contributed by atoms with van der Waals surface area (Å²) in [6, 6.07) is 16.9. The molecule has 128 valence electrons. The van der Waals surface area contributed by atoms with Crippen LogP contribution in [0.4, 0.5) is 0 Å². The van der Waals surface area contributed by atoms with Crippen LogP contribution in [-0.2, 0) is 6.54 Å². The van der Waals surface area contributed by atoms with Crippen molar-refractivity contribution < 1.29 is 4.52 Å². The van der Waals surface area contributed by atoms with Crippen molar-refractivity contribution in [1.29, 1.82) is 0 Å². The van der Waals surface area contributed by atoms with Gasteiger partial charge in [-0.1, -0.05) is 47.6 Å². The Morgan fingerprint density at radius 2 is 1.73 bits per heavy atom. The molecule has 0 aliphatic rings. The van der Waals surface area contributed by atoms with Gasteiger partial charge in [0.05, 0.1) is 6.54 Å². The molecule has 0 saturated heterocycles. The van der Waals surface area contributed by atoms with E-state index >= 15 is 0 Å². The third-order valence-electron chi connectivity index (χ3n) is 3.77. The molecule has 0 aliphatic heterocycles. The molecule has 26 heavy (non-hydrogen) atoms. The third-order valence-corrected chi connectivity index (χ3v) is 3.77. The molecule has 0 spiro atoms. The zero-order chi connectivity index (χ0) is 17.9. The average molecular weight is 347 g/mol. The monoisotopic (exact) mass is 347 g/mol. The SMILES string of the molecule is O=c1cnn(Cc2ccc(-c3noc(-c4ccccc4)n3)cc2)c(=O)[nH]1. The highest BCUT2D eigenvalue weighted by atomic mass is 16.5. The van der Waals surface area contributed by atoms with E-state index in [0.717, 1.165) is 22.9 Å². The number of aromatic amines is 1. The highest BCUT2D eigenvalue weighted by Crippen LogP contribution is 2.22. The van der Waals surface area contributed by atoms with E-state index in [-0.39, 0.29) is 6.54 Å². The van der Waals surface area contributed by atoms with E-state index in [4.69, 9.17) is 4.52 Å². The molecule has 1 N–H and O–H groups in total. The Hall–Kier alpha value is -3.81. The van der Waals surface area contributed by atoms with Gasteiger partial charge in [-0.2, -0.15) is 10.1 Å². The maximum atomic E-state index is 11.7. The van der Waals surface area contributed by atoms with Crippen molar-refractivity contribution in [3.8, 4) is 22.8 Å². The second-order valence-corrected chi connectivity index (χ2v) is 5.58. The minimum absolute atomic E-state index is 0.247. The fraction of sp³-hybridized carbons (Fsp3) is 0.0556. The van der Waals surface area contributed by atoms with E-state index in [1.54, 1.807) is 0 Å². The highest BCUT2D eigenvalue weighted by Gasteiger charge is 2.10. The zero-order valence-corrected chi connectivity index (χ0v) is 13.5. The molecule has 0 amide bonds. The summed E-state index contributed by atoms with van der Waals surface area (Å²) in [7, 11) is 0. The number of hydrogen-bond acceptors (Lipinski definition) is 6. The van der Waals surface area contributed by atoms with Gasteiger partial charge in [0.15, 0.2) is 0 Å². The summed E-state index contributed by atoms with van der Waals surface area (Å²) < 4.78 is 6.49. The van der Waals surface area contributed by atoms with Crippen LogP contribution in [0.2, 0.25) is 0 Å². The summed E-state index contributed by atoms with van der Waals surface area (Å²) in [5.74, 6) is 0.934. The number of hydrogen-bond donors (Lipinski definition) is 1. The lowest BCUT2D eigenvalue weighted by Gasteiger charge is -2.03. The first-order valence-corrected chi connectivity index (χ1v) is 7.84. The molecule has 8 heteroatoms. The quantitative estimate of drug-likeness (QED) is 0.602. The van der Waals surface area contributed by atoms with Crippen molar-refractivity contribution >= 4 is 0 Å². The van der Waals surface area contributed by atoms with Crippen LogP contribution in [0.5, 0.6) is 0 Å². The Morgan fingerprint density at radius 3 is 2.46 bits per heavy atom. The number of aromatic nitrogens is 5. The largest absolute Gasteiger partial charge is 0.345 e. The average Bonchev–Trinajstić information content (AvgIpc) is 3.16. The van der Waals surface area contributed by atoms with E-state index < -0.39 is 11.2 Å². The molecule has 8 nitrogen and oxygen atoms in total. The minimum Gasteiger partial charge on any atom is -0.334 e. The summed E-state index contributed by atoms with van der Waals surface area (Å²) in [6.45, 7) is 0.247. The Morgan fingerprint density at radius 1 is 0.962 bits per heavy atom. The predicted molar refractivity (Wildman–Crippen MR) is 93.4 cm³/mol. The molecule has 2 heterocycles.